The summed E-state index contributed by atoms with van der Waals surface area (Å²) in [6.07, 6.45) is 3.52. The Labute approximate surface area is 71.1 Å². The molecule has 0 aliphatic carbocycles. The van der Waals surface area contributed by atoms with Crippen molar-refractivity contribution in [2.45, 2.75) is 19.8 Å². The number of hydrogen-bond acceptors (Lipinski definition) is 2. The van der Waals surface area contributed by atoms with Gasteiger partial charge >= 0.3 is 0 Å². The quantitative estimate of drug-likeness (QED) is 0.639. The van der Waals surface area contributed by atoms with E-state index in [1.54, 1.807) is 17.0 Å². The predicted molar refractivity (Wildman–Crippen MR) is 47.1 cm³/mol. The molecular formula is C9H11N3. The summed E-state index contributed by atoms with van der Waals surface area (Å²) in [5, 5.41) is 4.14. The van der Waals surface area contributed by atoms with E-state index in [0.717, 1.165) is 11.2 Å². The molecule has 0 saturated carbocycles. The monoisotopic (exact) mass is 161 g/mol. The SMILES string of the molecule is CC(C)c1ncn2ncccc12. The summed E-state index contributed by atoms with van der Waals surface area (Å²) in [4.78, 5) is 4.30. The third kappa shape index (κ3) is 0.978. The molecule has 0 fully saturated rings. The minimum Gasteiger partial charge on any atom is -0.239 e. The van der Waals surface area contributed by atoms with E-state index in [1.807, 2.05) is 12.1 Å². The lowest BCUT2D eigenvalue weighted by atomic mass is 10.1. The number of hydrogen-bond donors (Lipinski definition) is 0. The molecule has 0 aliphatic rings. The Kier molecular flexibility index (Phi) is 1.57. The van der Waals surface area contributed by atoms with Gasteiger partial charge < -0.3 is 0 Å². The van der Waals surface area contributed by atoms with Gasteiger partial charge in [-0.2, -0.15) is 5.10 Å². The molecular weight excluding hydrogens is 150 g/mol. The van der Waals surface area contributed by atoms with Gasteiger partial charge in [0.15, 0.2) is 0 Å². The first kappa shape index (κ1) is 7.28. The number of imidazole rings is 1. The van der Waals surface area contributed by atoms with Gasteiger partial charge in [0.05, 0.1) is 11.2 Å². The predicted octanol–water partition coefficient (Wildman–Crippen LogP) is 1.85. The highest BCUT2D eigenvalue weighted by molar-refractivity contribution is 5.51. The van der Waals surface area contributed by atoms with E-state index in [0.29, 0.717) is 5.92 Å². The van der Waals surface area contributed by atoms with E-state index < -0.39 is 0 Å². The molecule has 0 bridgehead atoms. The summed E-state index contributed by atoms with van der Waals surface area (Å²) in [6, 6.07) is 3.97. The van der Waals surface area contributed by atoms with Gasteiger partial charge in [-0.1, -0.05) is 13.8 Å². The molecule has 12 heavy (non-hydrogen) atoms. The maximum atomic E-state index is 4.30. The van der Waals surface area contributed by atoms with Gasteiger partial charge in [-0.15, -0.1) is 0 Å². The fourth-order valence-electron chi connectivity index (χ4n) is 1.31. The molecule has 2 aromatic heterocycles. The zero-order valence-corrected chi connectivity index (χ0v) is 7.23. The lowest BCUT2D eigenvalue weighted by molar-refractivity contribution is 0.841. The number of fused-ring (bicyclic) bond motifs is 1. The summed E-state index contributed by atoms with van der Waals surface area (Å²) in [6.45, 7) is 4.27. The maximum absolute atomic E-state index is 4.30. The smallest absolute Gasteiger partial charge is 0.118 e. The second-order valence-corrected chi connectivity index (χ2v) is 3.14. The van der Waals surface area contributed by atoms with E-state index in [4.69, 9.17) is 0 Å². The third-order valence-electron chi connectivity index (χ3n) is 1.89. The maximum Gasteiger partial charge on any atom is 0.118 e. The molecule has 0 unspecified atom stereocenters. The summed E-state index contributed by atoms with van der Waals surface area (Å²) in [5.74, 6) is 0.458. The van der Waals surface area contributed by atoms with E-state index in [2.05, 4.69) is 23.9 Å². The van der Waals surface area contributed by atoms with Crippen molar-refractivity contribution >= 4 is 5.52 Å². The normalized spacial score (nSPS) is 11.2. The molecule has 2 heterocycles. The van der Waals surface area contributed by atoms with Gasteiger partial charge in [-0.05, 0) is 18.1 Å². The summed E-state index contributed by atoms with van der Waals surface area (Å²) >= 11 is 0. The van der Waals surface area contributed by atoms with Crippen molar-refractivity contribution in [1.82, 2.24) is 14.6 Å². The first-order valence-corrected chi connectivity index (χ1v) is 4.07. The lowest BCUT2D eigenvalue weighted by Gasteiger charge is -1.99. The van der Waals surface area contributed by atoms with Crippen LogP contribution in [0.25, 0.3) is 5.52 Å². The Bertz CT molecular complexity index is 389. The number of aromatic nitrogens is 3. The molecule has 0 N–H and O–H groups in total. The van der Waals surface area contributed by atoms with Crippen molar-refractivity contribution < 1.29 is 0 Å². The van der Waals surface area contributed by atoms with Gasteiger partial charge in [0.2, 0.25) is 0 Å². The Morgan fingerprint density at radius 2 is 2.25 bits per heavy atom. The summed E-state index contributed by atoms with van der Waals surface area (Å²) < 4.78 is 1.80. The standard InChI is InChI=1S/C9H11N3/c1-7(2)9-8-4-3-5-11-12(8)6-10-9/h3-7H,1-2H3. The lowest BCUT2D eigenvalue weighted by Crippen LogP contribution is -1.90. The zero-order chi connectivity index (χ0) is 8.55. The van der Waals surface area contributed by atoms with E-state index in [1.165, 1.54) is 0 Å². The average Bonchev–Trinajstić information content (AvgIpc) is 2.47. The Morgan fingerprint density at radius 1 is 1.42 bits per heavy atom. The summed E-state index contributed by atoms with van der Waals surface area (Å²) in [7, 11) is 0. The van der Waals surface area contributed by atoms with Gasteiger partial charge in [-0.3, -0.25) is 0 Å². The van der Waals surface area contributed by atoms with Crippen LogP contribution in [0.15, 0.2) is 24.7 Å². The van der Waals surface area contributed by atoms with Crippen LogP contribution < -0.4 is 0 Å². The molecule has 2 aromatic rings. The highest BCUT2D eigenvalue weighted by Gasteiger charge is 2.06. The Morgan fingerprint density at radius 3 is 3.00 bits per heavy atom. The van der Waals surface area contributed by atoms with Crippen molar-refractivity contribution in [3.63, 3.8) is 0 Å². The van der Waals surface area contributed by atoms with Crippen LogP contribution in [-0.2, 0) is 0 Å². The van der Waals surface area contributed by atoms with Gasteiger partial charge in [0, 0.05) is 6.20 Å². The van der Waals surface area contributed by atoms with Gasteiger partial charge in [-0.25, -0.2) is 9.50 Å². The second-order valence-electron chi connectivity index (χ2n) is 3.14. The van der Waals surface area contributed by atoms with Crippen molar-refractivity contribution in [2.24, 2.45) is 0 Å². The second kappa shape index (κ2) is 2.59. The Balaban J connectivity index is 2.70. The minimum absolute atomic E-state index is 0.458. The van der Waals surface area contributed by atoms with Crippen LogP contribution in [0.3, 0.4) is 0 Å². The van der Waals surface area contributed by atoms with Crippen molar-refractivity contribution in [1.29, 1.82) is 0 Å². The molecule has 0 radical (unpaired) electrons. The third-order valence-corrected chi connectivity index (χ3v) is 1.89. The van der Waals surface area contributed by atoms with Crippen LogP contribution in [0.2, 0.25) is 0 Å². The topological polar surface area (TPSA) is 30.2 Å². The molecule has 3 nitrogen and oxygen atoms in total. The average molecular weight is 161 g/mol. The van der Waals surface area contributed by atoms with Crippen molar-refractivity contribution in [3.8, 4) is 0 Å². The van der Waals surface area contributed by atoms with E-state index in [9.17, 15) is 0 Å². The largest absolute Gasteiger partial charge is 0.239 e. The molecule has 0 aromatic carbocycles. The van der Waals surface area contributed by atoms with Crippen LogP contribution >= 0.6 is 0 Å². The Hall–Kier alpha value is -1.38. The van der Waals surface area contributed by atoms with E-state index >= 15 is 0 Å². The van der Waals surface area contributed by atoms with Crippen molar-refractivity contribution in [3.05, 3.63) is 30.4 Å². The van der Waals surface area contributed by atoms with Crippen LogP contribution in [0, 0.1) is 0 Å². The molecule has 0 saturated heterocycles. The number of nitrogens with zero attached hydrogens (tertiary/aromatic N) is 3. The van der Waals surface area contributed by atoms with Crippen LogP contribution in [-0.4, -0.2) is 14.6 Å². The summed E-state index contributed by atoms with van der Waals surface area (Å²) in [5.41, 5.74) is 2.22. The van der Waals surface area contributed by atoms with Crippen LogP contribution in [0.5, 0.6) is 0 Å². The first-order chi connectivity index (χ1) is 5.79. The zero-order valence-electron chi connectivity index (χ0n) is 7.23. The minimum atomic E-state index is 0.458. The molecule has 0 spiro atoms. The van der Waals surface area contributed by atoms with Crippen LogP contribution in [0.1, 0.15) is 25.5 Å². The molecule has 0 atom stereocenters. The van der Waals surface area contributed by atoms with Gasteiger partial charge in [0.25, 0.3) is 0 Å². The highest BCUT2D eigenvalue weighted by Crippen LogP contribution is 2.16. The molecule has 62 valence electrons. The molecule has 0 amide bonds. The first-order valence-electron chi connectivity index (χ1n) is 4.07. The van der Waals surface area contributed by atoms with E-state index in [-0.39, 0.29) is 0 Å². The number of rotatable bonds is 1. The molecule has 2 rings (SSSR count). The molecule has 3 heteroatoms. The van der Waals surface area contributed by atoms with Crippen molar-refractivity contribution in [2.75, 3.05) is 0 Å². The van der Waals surface area contributed by atoms with Gasteiger partial charge in [0.1, 0.15) is 6.33 Å². The van der Waals surface area contributed by atoms with Crippen LogP contribution in [0.4, 0.5) is 0 Å². The molecule has 0 aliphatic heterocycles. The fraction of sp³-hybridized carbons (Fsp3) is 0.333. The highest BCUT2D eigenvalue weighted by atomic mass is 15.2. The fourth-order valence-corrected chi connectivity index (χ4v) is 1.31.